The maximum atomic E-state index is 13.5. The number of nitrogens with zero attached hydrogens (tertiary/aromatic N) is 2. The summed E-state index contributed by atoms with van der Waals surface area (Å²) in [5.74, 6) is -2.45. The van der Waals surface area contributed by atoms with Gasteiger partial charge in [-0.3, -0.25) is 9.59 Å². The quantitative estimate of drug-likeness (QED) is 0.514. The first-order chi connectivity index (χ1) is 15.9. The highest BCUT2D eigenvalue weighted by Gasteiger charge is 2.58. The average Bonchev–Trinajstić information content (AvgIpc) is 3.24. The molecule has 1 heterocycles. The van der Waals surface area contributed by atoms with Crippen LogP contribution < -0.4 is 0 Å². The molecule has 0 radical (unpaired) electrons. The van der Waals surface area contributed by atoms with E-state index < -0.39 is 54.6 Å². The van der Waals surface area contributed by atoms with Crippen LogP contribution in [-0.2, 0) is 32.9 Å². The van der Waals surface area contributed by atoms with Crippen molar-refractivity contribution in [1.82, 2.24) is 9.80 Å². The van der Waals surface area contributed by atoms with Crippen LogP contribution in [0.3, 0.4) is 0 Å². The standard InChI is InChI=1S/C23H19BrF4N2O4/c1-13(23(26,27)28)29(11-14-2-5-17(25)6-3-14)19(31)12-30-20(32)22(34-21(30)33)9-8-15-10-16(24)4-7-18(15)22/h2-7,10,13H,8-9,11-12H2,1H3/t13-,22?/m0/s1. The number of halogens is 5. The van der Waals surface area contributed by atoms with Crippen LogP contribution in [0.4, 0.5) is 22.4 Å². The average molecular weight is 543 g/mol. The second-order valence-corrected chi connectivity index (χ2v) is 9.17. The van der Waals surface area contributed by atoms with E-state index in [-0.39, 0.29) is 12.0 Å². The summed E-state index contributed by atoms with van der Waals surface area (Å²) in [4.78, 5) is 39.9. The molecule has 0 saturated carbocycles. The lowest BCUT2D eigenvalue weighted by atomic mass is 9.95. The van der Waals surface area contributed by atoms with Crippen molar-refractivity contribution in [2.75, 3.05) is 6.54 Å². The van der Waals surface area contributed by atoms with Gasteiger partial charge in [0.2, 0.25) is 11.5 Å². The number of hydrogen-bond donors (Lipinski definition) is 0. The molecule has 0 N–H and O–H groups in total. The van der Waals surface area contributed by atoms with E-state index in [1.807, 2.05) is 0 Å². The van der Waals surface area contributed by atoms with Gasteiger partial charge >= 0.3 is 12.3 Å². The largest absolute Gasteiger partial charge is 0.427 e. The van der Waals surface area contributed by atoms with Crippen molar-refractivity contribution >= 4 is 33.8 Å². The highest BCUT2D eigenvalue weighted by Crippen LogP contribution is 2.46. The van der Waals surface area contributed by atoms with Crippen LogP contribution in [0, 0.1) is 5.82 Å². The molecule has 2 aliphatic rings. The van der Waals surface area contributed by atoms with E-state index in [4.69, 9.17) is 4.74 Å². The van der Waals surface area contributed by atoms with Crippen LogP contribution >= 0.6 is 15.9 Å². The normalized spacial score (nSPS) is 20.5. The lowest BCUT2D eigenvalue weighted by molar-refractivity contribution is -0.187. The molecule has 2 aromatic rings. The van der Waals surface area contributed by atoms with E-state index in [1.165, 1.54) is 12.1 Å². The molecule has 180 valence electrons. The molecule has 6 nitrogen and oxygen atoms in total. The summed E-state index contributed by atoms with van der Waals surface area (Å²) >= 11 is 3.34. The zero-order valence-corrected chi connectivity index (χ0v) is 19.5. The lowest BCUT2D eigenvalue weighted by Crippen LogP contribution is -2.51. The minimum Gasteiger partial charge on any atom is -0.427 e. The third-order valence-corrected chi connectivity index (χ3v) is 6.64. The summed E-state index contributed by atoms with van der Waals surface area (Å²) in [5, 5.41) is 0. The van der Waals surface area contributed by atoms with Crippen molar-refractivity contribution in [3.8, 4) is 0 Å². The van der Waals surface area contributed by atoms with Gasteiger partial charge in [-0.1, -0.05) is 34.1 Å². The van der Waals surface area contributed by atoms with Gasteiger partial charge in [-0.25, -0.2) is 14.1 Å². The molecule has 1 aliphatic heterocycles. The van der Waals surface area contributed by atoms with Crippen molar-refractivity contribution in [1.29, 1.82) is 0 Å². The maximum Gasteiger partial charge on any atom is 0.418 e. The third-order valence-electron chi connectivity index (χ3n) is 6.14. The van der Waals surface area contributed by atoms with Crippen LogP contribution in [0.25, 0.3) is 0 Å². The predicted octanol–water partition coefficient (Wildman–Crippen LogP) is 4.69. The fourth-order valence-corrected chi connectivity index (χ4v) is 4.66. The number of carbonyl (C=O) groups is 3. The number of alkyl halides is 3. The Morgan fingerprint density at radius 1 is 1.21 bits per heavy atom. The molecule has 0 aromatic heterocycles. The molecule has 1 saturated heterocycles. The van der Waals surface area contributed by atoms with Gasteiger partial charge in [-0.05, 0) is 48.7 Å². The zero-order valence-electron chi connectivity index (χ0n) is 17.9. The van der Waals surface area contributed by atoms with Crippen molar-refractivity contribution in [2.45, 2.75) is 44.1 Å². The van der Waals surface area contributed by atoms with Crippen molar-refractivity contribution < 1.29 is 36.7 Å². The molecule has 2 atom stereocenters. The molecule has 34 heavy (non-hydrogen) atoms. The van der Waals surface area contributed by atoms with Crippen molar-refractivity contribution in [2.24, 2.45) is 0 Å². The molecule has 11 heteroatoms. The Kier molecular flexibility index (Phi) is 6.17. The number of carbonyl (C=O) groups excluding carboxylic acids is 3. The second kappa shape index (κ2) is 8.68. The van der Waals surface area contributed by atoms with E-state index in [0.29, 0.717) is 21.8 Å². The summed E-state index contributed by atoms with van der Waals surface area (Å²) in [5.41, 5.74) is -0.0405. The van der Waals surface area contributed by atoms with Gasteiger partial charge in [0.05, 0.1) is 0 Å². The Labute approximate surface area is 200 Å². The summed E-state index contributed by atoms with van der Waals surface area (Å²) in [6.07, 6.45) is -5.22. The number of rotatable bonds is 5. The van der Waals surface area contributed by atoms with Gasteiger partial charge in [-0.15, -0.1) is 0 Å². The van der Waals surface area contributed by atoms with E-state index in [0.717, 1.165) is 29.1 Å². The molecule has 4 rings (SSSR count). The van der Waals surface area contributed by atoms with E-state index >= 15 is 0 Å². The molecular formula is C23H19BrF4N2O4. The SMILES string of the molecule is C[C@H](N(Cc1ccc(F)cc1)C(=O)CN1C(=O)OC2(CCc3cc(Br)ccc32)C1=O)C(F)(F)F. The van der Waals surface area contributed by atoms with Gasteiger partial charge in [0, 0.05) is 23.0 Å². The molecule has 1 unspecified atom stereocenters. The smallest absolute Gasteiger partial charge is 0.418 e. The second-order valence-electron chi connectivity index (χ2n) is 8.25. The Morgan fingerprint density at radius 3 is 2.53 bits per heavy atom. The Hall–Kier alpha value is -2.95. The minimum absolute atomic E-state index is 0.173. The van der Waals surface area contributed by atoms with Crippen molar-refractivity contribution in [3.63, 3.8) is 0 Å². The summed E-state index contributed by atoms with van der Waals surface area (Å²) in [6.45, 7) is -0.593. The summed E-state index contributed by atoms with van der Waals surface area (Å²) in [6, 6.07) is 7.58. The highest BCUT2D eigenvalue weighted by molar-refractivity contribution is 9.10. The lowest BCUT2D eigenvalue weighted by Gasteiger charge is -2.31. The van der Waals surface area contributed by atoms with Crippen LogP contribution in [0.15, 0.2) is 46.9 Å². The first kappa shape index (κ1) is 24.2. The van der Waals surface area contributed by atoms with Gasteiger partial charge < -0.3 is 9.64 Å². The fraction of sp³-hybridized carbons (Fsp3) is 0.348. The molecule has 1 aliphatic carbocycles. The van der Waals surface area contributed by atoms with Crippen LogP contribution in [-0.4, -0.2) is 46.5 Å². The summed E-state index contributed by atoms with van der Waals surface area (Å²) < 4.78 is 59.9. The Morgan fingerprint density at radius 2 is 1.88 bits per heavy atom. The maximum absolute atomic E-state index is 13.5. The number of amides is 3. The monoisotopic (exact) mass is 542 g/mol. The molecule has 1 fully saturated rings. The minimum atomic E-state index is -4.76. The van der Waals surface area contributed by atoms with Crippen LogP contribution in [0.5, 0.6) is 0 Å². The van der Waals surface area contributed by atoms with Gasteiger partial charge in [-0.2, -0.15) is 13.2 Å². The van der Waals surface area contributed by atoms with Crippen LogP contribution in [0.2, 0.25) is 0 Å². The molecule has 3 amide bonds. The van der Waals surface area contributed by atoms with Gasteiger partial charge in [0.1, 0.15) is 18.4 Å². The number of hydrogen-bond acceptors (Lipinski definition) is 4. The first-order valence-electron chi connectivity index (χ1n) is 10.4. The van der Waals surface area contributed by atoms with Gasteiger partial charge in [0.25, 0.3) is 5.91 Å². The highest BCUT2D eigenvalue weighted by atomic mass is 79.9. The Balaban J connectivity index is 1.58. The molecule has 2 aromatic carbocycles. The van der Waals surface area contributed by atoms with E-state index in [9.17, 15) is 31.9 Å². The Bertz CT molecular complexity index is 1150. The predicted molar refractivity (Wildman–Crippen MR) is 115 cm³/mol. The van der Waals surface area contributed by atoms with E-state index in [2.05, 4.69) is 15.9 Å². The van der Waals surface area contributed by atoms with Crippen molar-refractivity contribution in [3.05, 3.63) is 69.4 Å². The topological polar surface area (TPSA) is 66.9 Å². The molecular weight excluding hydrogens is 524 g/mol. The molecule has 1 spiro atoms. The number of ether oxygens (including phenoxy) is 1. The fourth-order valence-electron chi connectivity index (χ4n) is 4.25. The number of fused-ring (bicyclic) bond motifs is 2. The zero-order chi connectivity index (χ0) is 24.8. The summed E-state index contributed by atoms with van der Waals surface area (Å²) in [7, 11) is 0. The van der Waals surface area contributed by atoms with Crippen LogP contribution in [0.1, 0.15) is 30.0 Å². The number of aryl methyl sites for hydroxylation is 1. The number of benzene rings is 2. The third kappa shape index (κ3) is 4.28. The molecule has 0 bridgehead atoms. The first-order valence-corrected chi connectivity index (χ1v) is 11.2. The van der Waals surface area contributed by atoms with E-state index in [1.54, 1.807) is 18.2 Å². The number of imide groups is 1. The van der Waals surface area contributed by atoms with Gasteiger partial charge in [0.15, 0.2) is 0 Å².